The summed E-state index contributed by atoms with van der Waals surface area (Å²) in [5.74, 6) is -0.0959. The lowest BCUT2D eigenvalue weighted by molar-refractivity contribution is -0.118. The molecule has 3 heteroatoms. The molecule has 1 fully saturated rings. The maximum absolute atomic E-state index is 11.8. The largest absolute Gasteiger partial charge is 0.388 e. The van der Waals surface area contributed by atoms with Gasteiger partial charge in [0.1, 0.15) is 0 Å². The Morgan fingerprint density at radius 1 is 1.28 bits per heavy atom. The van der Waals surface area contributed by atoms with Gasteiger partial charge in [0.15, 0.2) is 0 Å². The highest BCUT2D eigenvalue weighted by Gasteiger charge is 2.29. The Labute approximate surface area is 111 Å². The zero-order chi connectivity index (χ0) is 13.8. The van der Waals surface area contributed by atoms with Crippen LogP contribution in [0, 0.1) is 5.41 Å². The summed E-state index contributed by atoms with van der Waals surface area (Å²) in [5.41, 5.74) is 0.381. The SMILES string of the molecule is CC(=CC(=O)NCC1(O)CCCCC1)C(C)(C)C. The van der Waals surface area contributed by atoms with Crippen LogP contribution >= 0.6 is 0 Å². The summed E-state index contributed by atoms with van der Waals surface area (Å²) in [5, 5.41) is 13.1. The van der Waals surface area contributed by atoms with Crippen LogP contribution in [0.5, 0.6) is 0 Å². The summed E-state index contributed by atoms with van der Waals surface area (Å²) in [7, 11) is 0. The Morgan fingerprint density at radius 3 is 2.33 bits per heavy atom. The van der Waals surface area contributed by atoms with Gasteiger partial charge in [-0.3, -0.25) is 4.79 Å². The lowest BCUT2D eigenvalue weighted by Gasteiger charge is -2.32. The molecule has 0 aliphatic heterocycles. The Bertz CT molecular complexity index is 320. The van der Waals surface area contributed by atoms with Gasteiger partial charge in [0.05, 0.1) is 5.60 Å². The van der Waals surface area contributed by atoms with E-state index in [9.17, 15) is 9.90 Å². The van der Waals surface area contributed by atoms with Crippen LogP contribution in [-0.2, 0) is 4.79 Å². The maximum Gasteiger partial charge on any atom is 0.244 e. The van der Waals surface area contributed by atoms with Crippen molar-refractivity contribution in [2.24, 2.45) is 5.41 Å². The summed E-state index contributed by atoms with van der Waals surface area (Å²) in [6, 6.07) is 0. The summed E-state index contributed by atoms with van der Waals surface area (Å²) < 4.78 is 0. The van der Waals surface area contributed by atoms with E-state index >= 15 is 0 Å². The topological polar surface area (TPSA) is 49.3 Å². The molecule has 0 radical (unpaired) electrons. The molecule has 0 spiro atoms. The summed E-state index contributed by atoms with van der Waals surface area (Å²) >= 11 is 0. The normalized spacial score (nSPS) is 20.6. The molecule has 0 bridgehead atoms. The van der Waals surface area contributed by atoms with Crippen molar-refractivity contribution in [3.05, 3.63) is 11.6 Å². The average molecular weight is 253 g/mol. The highest BCUT2D eigenvalue weighted by molar-refractivity contribution is 5.88. The van der Waals surface area contributed by atoms with Gasteiger partial charge in [-0.25, -0.2) is 0 Å². The van der Waals surface area contributed by atoms with Gasteiger partial charge in [-0.15, -0.1) is 0 Å². The summed E-state index contributed by atoms with van der Waals surface area (Å²) in [4.78, 5) is 11.8. The van der Waals surface area contributed by atoms with Gasteiger partial charge in [0, 0.05) is 12.6 Å². The third kappa shape index (κ3) is 4.81. The van der Waals surface area contributed by atoms with Crippen molar-refractivity contribution in [1.82, 2.24) is 5.32 Å². The predicted molar refractivity (Wildman–Crippen MR) is 74.3 cm³/mol. The Morgan fingerprint density at radius 2 is 1.83 bits per heavy atom. The minimum Gasteiger partial charge on any atom is -0.388 e. The molecule has 0 aromatic rings. The highest BCUT2D eigenvalue weighted by Crippen LogP contribution is 2.27. The number of carbonyl (C=O) groups is 1. The van der Waals surface area contributed by atoms with Gasteiger partial charge in [-0.1, -0.05) is 45.6 Å². The molecule has 0 saturated heterocycles. The van der Waals surface area contributed by atoms with Crippen LogP contribution in [0.15, 0.2) is 11.6 Å². The molecule has 104 valence electrons. The fourth-order valence-electron chi connectivity index (χ4n) is 2.10. The zero-order valence-electron chi connectivity index (χ0n) is 12.2. The van der Waals surface area contributed by atoms with E-state index in [1.165, 1.54) is 6.42 Å². The number of amides is 1. The molecule has 2 N–H and O–H groups in total. The number of hydrogen-bond donors (Lipinski definition) is 2. The van der Waals surface area contributed by atoms with Crippen molar-refractivity contribution in [3.63, 3.8) is 0 Å². The van der Waals surface area contributed by atoms with Gasteiger partial charge in [-0.05, 0) is 25.2 Å². The standard InChI is InChI=1S/C15H27NO2/c1-12(14(2,3)4)10-13(17)16-11-15(18)8-6-5-7-9-15/h10,18H,5-9,11H2,1-4H3,(H,16,17). The molecule has 1 aliphatic carbocycles. The van der Waals surface area contributed by atoms with Crippen molar-refractivity contribution >= 4 is 5.91 Å². The van der Waals surface area contributed by atoms with E-state index in [1.807, 2.05) is 6.92 Å². The molecule has 0 heterocycles. The predicted octanol–water partition coefficient (Wildman–Crippen LogP) is 2.79. The van der Waals surface area contributed by atoms with Crippen LogP contribution < -0.4 is 5.32 Å². The van der Waals surface area contributed by atoms with E-state index in [-0.39, 0.29) is 11.3 Å². The minimum atomic E-state index is -0.683. The molecule has 1 rings (SSSR count). The quantitative estimate of drug-likeness (QED) is 0.760. The molecule has 18 heavy (non-hydrogen) atoms. The molecule has 1 saturated carbocycles. The Hall–Kier alpha value is -0.830. The van der Waals surface area contributed by atoms with Crippen LogP contribution in [0.1, 0.15) is 59.8 Å². The second kappa shape index (κ2) is 5.87. The fraction of sp³-hybridized carbons (Fsp3) is 0.800. The second-order valence-electron chi connectivity index (χ2n) is 6.58. The van der Waals surface area contributed by atoms with Crippen molar-refractivity contribution in [2.45, 2.75) is 65.4 Å². The van der Waals surface area contributed by atoms with Crippen LogP contribution in [0.4, 0.5) is 0 Å². The molecule has 1 amide bonds. The first-order valence-corrected chi connectivity index (χ1v) is 6.92. The van der Waals surface area contributed by atoms with Crippen molar-refractivity contribution in [3.8, 4) is 0 Å². The third-order valence-corrected chi connectivity index (χ3v) is 3.91. The molecular formula is C15H27NO2. The molecule has 0 atom stereocenters. The van der Waals surface area contributed by atoms with E-state index in [4.69, 9.17) is 0 Å². The summed E-state index contributed by atoms with van der Waals surface area (Å²) in [6.07, 6.45) is 6.56. The van der Waals surface area contributed by atoms with Gasteiger partial charge < -0.3 is 10.4 Å². The number of hydrogen-bond acceptors (Lipinski definition) is 2. The average Bonchev–Trinajstić information content (AvgIpc) is 2.26. The second-order valence-corrected chi connectivity index (χ2v) is 6.58. The van der Waals surface area contributed by atoms with Crippen LogP contribution in [0.25, 0.3) is 0 Å². The molecule has 3 nitrogen and oxygen atoms in total. The van der Waals surface area contributed by atoms with E-state index < -0.39 is 5.60 Å². The van der Waals surface area contributed by atoms with Gasteiger partial charge in [-0.2, -0.15) is 0 Å². The lowest BCUT2D eigenvalue weighted by atomic mass is 9.85. The number of aliphatic hydroxyl groups is 1. The molecular weight excluding hydrogens is 226 g/mol. The van der Waals surface area contributed by atoms with E-state index in [0.29, 0.717) is 6.54 Å². The molecule has 1 aliphatic rings. The van der Waals surface area contributed by atoms with Crippen molar-refractivity contribution < 1.29 is 9.90 Å². The minimum absolute atomic E-state index is 0.0130. The number of carbonyl (C=O) groups excluding carboxylic acids is 1. The monoisotopic (exact) mass is 253 g/mol. The third-order valence-electron chi connectivity index (χ3n) is 3.91. The molecule has 0 aromatic heterocycles. The molecule has 0 aromatic carbocycles. The first-order chi connectivity index (χ1) is 8.23. The van der Waals surface area contributed by atoms with Gasteiger partial charge in [0.2, 0.25) is 5.91 Å². The first-order valence-electron chi connectivity index (χ1n) is 6.92. The number of nitrogens with one attached hydrogen (secondary N) is 1. The van der Waals surface area contributed by atoms with Crippen molar-refractivity contribution in [1.29, 1.82) is 0 Å². The van der Waals surface area contributed by atoms with E-state index in [2.05, 4.69) is 26.1 Å². The summed E-state index contributed by atoms with van der Waals surface area (Å²) in [6.45, 7) is 8.59. The smallest absolute Gasteiger partial charge is 0.244 e. The van der Waals surface area contributed by atoms with E-state index in [1.54, 1.807) is 6.08 Å². The van der Waals surface area contributed by atoms with Crippen LogP contribution in [0.2, 0.25) is 0 Å². The zero-order valence-corrected chi connectivity index (χ0v) is 12.2. The first kappa shape index (κ1) is 15.2. The highest BCUT2D eigenvalue weighted by atomic mass is 16.3. The van der Waals surface area contributed by atoms with Gasteiger partial charge in [0.25, 0.3) is 0 Å². The Balaban J connectivity index is 2.46. The van der Waals surface area contributed by atoms with E-state index in [0.717, 1.165) is 31.3 Å². The number of allylic oxidation sites excluding steroid dienone is 1. The lowest BCUT2D eigenvalue weighted by Crippen LogP contribution is -2.43. The van der Waals surface area contributed by atoms with Gasteiger partial charge >= 0.3 is 0 Å². The Kier molecular flexibility index (Phi) is 4.97. The van der Waals surface area contributed by atoms with Crippen LogP contribution in [-0.4, -0.2) is 23.2 Å². The van der Waals surface area contributed by atoms with Crippen molar-refractivity contribution in [2.75, 3.05) is 6.54 Å². The number of rotatable bonds is 3. The maximum atomic E-state index is 11.8. The fourth-order valence-corrected chi connectivity index (χ4v) is 2.10. The van der Waals surface area contributed by atoms with Crippen LogP contribution in [0.3, 0.4) is 0 Å². The molecule has 0 unspecified atom stereocenters.